The van der Waals surface area contributed by atoms with Crippen molar-refractivity contribution in [3.05, 3.63) is 86.8 Å². The molecule has 0 saturated heterocycles. The molecule has 0 saturated carbocycles. The van der Waals surface area contributed by atoms with Gasteiger partial charge in [0.1, 0.15) is 5.75 Å². The topological polar surface area (TPSA) is 43.3 Å². The number of rotatable bonds is 2. The van der Waals surface area contributed by atoms with E-state index in [4.69, 9.17) is 30.9 Å². The second-order valence-corrected chi connectivity index (χ2v) is 8.71. The smallest absolute Gasteiger partial charge is 0.231 e. The molecule has 150 valence electrons. The average Bonchev–Trinajstić information content (AvgIpc) is 3.40. The Hall–Kier alpha value is -2.70. The zero-order chi connectivity index (χ0) is 20.2. The predicted octanol–water partition coefficient (Wildman–Crippen LogP) is 6.07. The van der Waals surface area contributed by atoms with Gasteiger partial charge in [0.25, 0.3) is 0 Å². The minimum atomic E-state index is -0.399. The van der Waals surface area contributed by atoms with Gasteiger partial charge < -0.3 is 14.2 Å². The highest BCUT2D eigenvalue weighted by molar-refractivity contribution is 9.10. The van der Waals surface area contributed by atoms with E-state index >= 15 is 0 Å². The molecule has 0 bridgehead atoms. The molecule has 0 amide bonds. The first-order valence-corrected chi connectivity index (χ1v) is 10.8. The number of hydrogen-bond acceptors (Lipinski definition) is 5. The second kappa shape index (κ2) is 6.93. The average molecular weight is 484 g/mol. The van der Waals surface area contributed by atoms with Crippen LogP contribution in [0.25, 0.3) is 0 Å². The van der Waals surface area contributed by atoms with Crippen molar-refractivity contribution in [1.82, 2.24) is 5.01 Å². The Morgan fingerprint density at radius 1 is 0.933 bits per heavy atom. The highest BCUT2D eigenvalue weighted by Crippen LogP contribution is 2.49. The summed E-state index contributed by atoms with van der Waals surface area (Å²) in [7, 11) is 0. The van der Waals surface area contributed by atoms with E-state index in [9.17, 15) is 0 Å². The van der Waals surface area contributed by atoms with Crippen molar-refractivity contribution in [2.45, 2.75) is 18.7 Å². The lowest BCUT2D eigenvalue weighted by Crippen LogP contribution is -2.33. The van der Waals surface area contributed by atoms with Crippen LogP contribution in [0.4, 0.5) is 0 Å². The number of nitrogens with zero attached hydrogens (tertiary/aromatic N) is 2. The largest absolute Gasteiger partial charge is 0.464 e. The standard InChI is InChI=1S/C23H16BrClN2O3/c24-14-6-8-20-16(10-14)19-11-18(13-5-7-21-22(9-13)29-12-28-21)26-27(19)23(30-20)15-3-1-2-4-17(15)25/h1-10,19,23H,11-12H2/t19-,23-/m1/s1. The van der Waals surface area contributed by atoms with E-state index < -0.39 is 6.23 Å². The first kappa shape index (κ1) is 18.1. The van der Waals surface area contributed by atoms with E-state index in [1.165, 1.54) is 0 Å². The van der Waals surface area contributed by atoms with Crippen LogP contribution >= 0.6 is 27.5 Å². The molecule has 3 aliphatic rings. The van der Waals surface area contributed by atoms with Crippen molar-refractivity contribution < 1.29 is 14.2 Å². The van der Waals surface area contributed by atoms with E-state index in [1.54, 1.807) is 0 Å². The van der Waals surface area contributed by atoms with Gasteiger partial charge in [-0.2, -0.15) is 5.10 Å². The fraction of sp³-hybridized carbons (Fsp3) is 0.174. The minimum absolute atomic E-state index is 0.0490. The van der Waals surface area contributed by atoms with Crippen LogP contribution in [-0.2, 0) is 0 Å². The third-order valence-corrected chi connectivity index (χ3v) is 6.47. The molecule has 0 aromatic heterocycles. The maximum atomic E-state index is 6.52. The molecule has 3 aliphatic heterocycles. The molecule has 30 heavy (non-hydrogen) atoms. The van der Waals surface area contributed by atoms with Crippen LogP contribution in [0.1, 0.15) is 35.4 Å². The number of fused-ring (bicyclic) bond motifs is 4. The molecular weight excluding hydrogens is 468 g/mol. The lowest BCUT2D eigenvalue weighted by molar-refractivity contribution is -0.0190. The van der Waals surface area contributed by atoms with Gasteiger partial charge in [-0.05, 0) is 42.5 Å². The summed E-state index contributed by atoms with van der Waals surface area (Å²) in [5.74, 6) is 2.37. The maximum absolute atomic E-state index is 6.52. The summed E-state index contributed by atoms with van der Waals surface area (Å²) in [6.45, 7) is 0.254. The van der Waals surface area contributed by atoms with Crippen molar-refractivity contribution in [3.8, 4) is 17.2 Å². The quantitative estimate of drug-likeness (QED) is 0.443. The molecule has 3 aromatic rings. The Morgan fingerprint density at radius 3 is 2.67 bits per heavy atom. The third kappa shape index (κ3) is 2.86. The molecule has 2 atom stereocenters. The molecule has 0 radical (unpaired) electrons. The van der Waals surface area contributed by atoms with E-state index in [2.05, 4.69) is 22.0 Å². The summed E-state index contributed by atoms with van der Waals surface area (Å²) >= 11 is 10.1. The Balaban J connectivity index is 1.45. The van der Waals surface area contributed by atoms with E-state index in [0.717, 1.165) is 50.5 Å². The van der Waals surface area contributed by atoms with E-state index in [0.29, 0.717) is 5.02 Å². The van der Waals surface area contributed by atoms with Crippen LogP contribution in [0.15, 0.2) is 70.2 Å². The number of benzene rings is 3. The highest BCUT2D eigenvalue weighted by Gasteiger charge is 2.41. The SMILES string of the molecule is Clc1ccccc1[C@H]1Oc2ccc(Br)cc2[C@H]2CC(c3ccc4c(c3)OCO4)=NN21. The Labute approximate surface area is 186 Å². The van der Waals surface area contributed by atoms with Gasteiger partial charge in [0.05, 0.1) is 11.8 Å². The summed E-state index contributed by atoms with van der Waals surface area (Å²) < 4.78 is 18.4. The van der Waals surface area contributed by atoms with Gasteiger partial charge in [0, 0.05) is 32.6 Å². The van der Waals surface area contributed by atoms with Crippen molar-refractivity contribution in [3.63, 3.8) is 0 Å². The van der Waals surface area contributed by atoms with Crippen LogP contribution in [0.2, 0.25) is 5.02 Å². The van der Waals surface area contributed by atoms with E-state index in [1.807, 2.05) is 59.6 Å². The predicted molar refractivity (Wildman–Crippen MR) is 117 cm³/mol. The molecule has 0 unspecified atom stereocenters. The van der Waals surface area contributed by atoms with Crippen molar-refractivity contribution in [2.24, 2.45) is 5.10 Å². The Morgan fingerprint density at radius 2 is 1.77 bits per heavy atom. The Bertz CT molecular complexity index is 1200. The summed E-state index contributed by atoms with van der Waals surface area (Å²) in [5, 5.41) is 7.67. The van der Waals surface area contributed by atoms with Gasteiger partial charge in [-0.3, -0.25) is 0 Å². The molecule has 7 heteroatoms. The fourth-order valence-electron chi connectivity index (χ4n) is 4.19. The van der Waals surface area contributed by atoms with Crippen LogP contribution < -0.4 is 14.2 Å². The summed E-state index contributed by atoms with van der Waals surface area (Å²) in [6.07, 6.45) is 0.358. The highest BCUT2D eigenvalue weighted by atomic mass is 79.9. The first-order valence-electron chi connectivity index (χ1n) is 9.64. The van der Waals surface area contributed by atoms with Crippen LogP contribution in [0.5, 0.6) is 17.2 Å². The lowest BCUT2D eigenvalue weighted by atomic mass is 9.96. The van der Waals surface area contributed by atoms with Gasteiger partial charge in [0.2, 0.25) is 13.0 Å². The third-order valence-electron chi connectivity index (χ3n) is 5.63. The lowest BCUT2D eigenvalue weighted by Gasteiger charge is -2.38. The zero-order valence-electron chi connectivity index (χ0n) is 15.7. The van der Waals surface area contributed by atoms with Gasteiger partial charge in [-0.1, -0.05) is 45.7 Å². The van der Waals surface area contributed by atoms with Gasteiger partial charge >= 0.3 is 0 Å². The number of ether oxygens (including phenoxy) is 3. The first-order chi connectivity index (χ1) is 14.7. The molecule has 5 nitrogen and oxygen atoms in total. The molecule has 0 N–H and O–H groups in total. The van der Waals surface area contributed by atoms with Crippen LogP contribution in [-0.4, -0.2) is 17.5 Å². The van der Waals surface area contributed by atoms with Crippen molar-refractivity contribution >= 4 is 33.2 Å². The molecule has 0 aliphatic carbocycles. The molecule has 3 aromatic carbocycles. The molecular formula is C23H16BrClN2O3. The number of halogens is 2. The summed E-state index contributed by atoms with van der Waals surface area (Å²) in [5.41, 5.74) is 4.00. The summed E-state index contributed by atoms with van der Waals surface area (Å²) in [4.78, 5) is 0. The van der Waals surface area contributed by atoms with Crippen LogP contribution in [0, 0.1) is 0 Å². The van der Waals surface area contributed by atoms with Gasteiger partial charge in [-0.15, -0.1) is 0 Å². The molecule has 0 spiro atoms. The molecule has 0 fully saturated rings. The molecule has 6 rings (SSSR count). The van der Waals surface area contributed by atoms with Crippen molar-refractivity contribution in [2.75, 3.05) is 6.79 Å². The second-order valence-electron chi connectivity index (χ2n) is 7.39. The maximum Gasteiger partial charge on any atom is 0.231 e. The zero-order valence-corrected chi connectivity index (χ0v) is 18.1. The van der Waals surface area contributed by atoms with Gasteiger partial charge in [-0.25, -0.2) is 5.01 Å². The molecule has 3 heterocycles. The normalized spacial score (nSPS) is 21.0. The Kier molecular flexibility index (Phi) is 4.18. The van der Waals surface area contributed by atoms with E-state index in [-0.39, 0.29) is 12.8 Å². The van der Waals surface area contributed by atoms with Crippen LogP contribution in [0.3, 0.4) is 0 Å². The summed E-state index contributed by atoms with van der Waals surface area (Å²) in [6, 6.07) is 19.9. The number of hydrogen-bond donors (Lipinski definition) is 0. The minimum Gasteiger partial charge on any atom is -0.464 e. The van der Waals surface area contributed by atoms with Gasteiger partial charge in [0.15, 0.2) is 11.5 Å². The van der Waals surface area contributed by atoms with Crippen molar-refractivity contribution in [1.29, 1.82) is 0 Å². The monoisotopic (exact) mass is 482 g/mol. The fourth-order valence-corrected chi connectivity index (χ4v) is 4.80. The number of hydrazone groups is 1.